The summed E-state index contributed by atoms with van der Waals surface area (Å²) >= 11 is 0. The highest BCUT2D eigenvalue weighted by Gasteiger charge is 2.49. The fraction of sp³-hybridized carbons (Fsp3) is 0.833. The van der Waals surface area contributed by atoms with Gasteiger partial charge in [0.1, 0.15) is 0 Å². The van der Waals surface area contributed by atoms with Gasteiger partial charge in [0.15, 0.2) is 0 Å². The van der Waals surface area contributed by atoms with Crippen molar-refractivity contribution in [3.8, 4) is 0 Å². The van der Waals surface area contributed by atoms with E-state index < -0.39 is 42.3 Å². The van der Waals surface area contributed by atoms with Crippen LogP contribution in [0.25, 0.3) is 0 Å². The molecular formula is C24H42O8. The number of esters is 4. The monoisotopic (exact) mass is 458 g/mol. The van der Waals surface area contributed by atoms with E-state index in [1.54, 1.807) is 20.8 Å². The van der Waals surface area contributed by atoms with Gasteiger partial charge in [-0.25, -0.2) is 4.79 Å². The fourth-order valence-corrected chi connectivity index (χ4v) is 3.32. The van der Waals surface area contributed by atoms with Crippen molar-refractivity contribution < 1.29 is 38.1 Å². The molecule has 0 atom stereocenters. The van der Waals surface area contributed by atoms with Gasteiger partial charge in [-0.3, -0.25) is 14.4 Å². The molecule has 32 heavy (non-hydrogen) atoms. The van der Waals surface area contributed by atoms with Crippen LogP contribution in [0.1, 0.15) is 105 Å². The molecule has 0 aromatic rings. The molecule has 0 radical (unpaired) electrons. The van der Waals surface area contributed by atoms with E-state index >= 15 is 0 Å². The number of carbonyl (C=O) groups is 4. The Bertz CT molecular complexity index is 538. The average molecular weight is 459 g/mol. The maximum atomic E-state index is 12.7. The minimum atomic E-state index is -2.09. The summed E-state index contributed by atoms with van der Waals surface area (Å²) in [6.07, 6.45) is 8.66. The molecule has 0 fully saturated rings. The van der Waals surface area contributed by atoms with Crippen LogP contribution >= 0.6 is 0 Å². The molecule has 0 unspecified atom stereocenters. The third-order valence-corrected chi connectivity index (χ3v) is 4.91. The van der Waals surface area contributed by atoms with E-state index in [0.29, 0.717) is 6.42 Å². The first-order valence-electron chi connectivity index (χ1n) is 12.0. The van der Waals surface area contributed by atoms with Crippen LogP contribution in [-0.4, -0.2) is 49.3 Å². The van der Waals surface area contributed by atoms with Crippen LogP contribution in [0.3, 0.4) is 0 Å². The van der Waals surface area contributed by atoms with E-state index in [0.717, 1.165) is 19.3 Å². The smallest absolute Gasteiger partial charge is 0.351 e. The van der Waals surface area contributed by atoms with Gasteiger partial charge in [-0.15, -0.1) is 0 Å². The van der Waals surface area contributed by atoms with Crippen LogP contribution in [0.4, 0.5) is 0 Å². The first-order chi connectivity index (χ1) is 15.3. The third kappa shape index (κ3) is 13.3. The van der Waals surface area contributed by atoms with E-state index in [2.05, 4.69) is 6.92 Å². The van der Waals surface area contributed by atoms with Crippen LogP contribution in [0.15, 0.2) is 0 Å². The summed E-state index contributed by atoms with van der Waals surface area (Å²) in [5.41, 5.74) is -2.09. The second-order valence-electron chi connectivity index (χ2n) is 7.73. The number of ether oxygens (including phenoxy) is 4. The summed E-state index contributed by atoms with van der Waals surface area (Å²) in [6.45, 7) is 7.18. The van der Waals surface area contributed by atoms with E-state index in [1.807, 2.05) is 0 Å². The summed E-state index contributed by atoms with van der Waals surface area (Å²) < 4.78 is 20.3. The number of carbonyl (C=O) groups excluding carboxylic acids is 4. The Labute approximate surface area is 192 Å². The van der Waals surface area contributed by atoms with Gasteiger partial charge in [0.25, 0.3) is 0 Å². The second kappa shape index (κ2) is 18.5. The van der Waals surface area contributed by atoms with Gasteiger partial charge >= 0.3 is 23.9 Å². The topological polar surface area (TPSA) is 105 Å². The van der Waals surface area contributed by atoms with Crippen molar-refractivity contribution in [3.05, 3.63) is 0 Å². The Morgan fingerprint density at radius 2 is 1.00 bits per heavy atom. The van der Waals surface area contributed by atoms with Crippen molar-refractivity contribution in [2.24, 2.45) is 0 Å². The minimum Gasteiger partial charge on any atom is -0.466 e. The van der Waals surface area contributed by atoms with E-state index in [-0.39, 0.29) is 26.2 Å². The SMILES string of the molecule is CCCCCCCCCCCC(=O)OC(CC(=O)OCC)(CC(=O)OCC)C(=O)OCC. The maximum Gasteiger partial charge on any atom is 0.351 e. The molecule has 0 aliphatic rings. The Kier molecular flexibility index (Phi) is 17.2. The second-order valence-corrected chi connectivity index (χ2v) is 7.73. The zero-order valence-corrected chi connectivity index (χ0v) is 20.4. The maximum absolute atomic E-state index is 12.7. The molecule has 0 aliphatic carbocycles. The van der Waals surface area contributed by atoms with Gasteiger partial charge in [0.05, 0.1) is 32.7 Å². The third-order valence-electron chi connectivity index (χ3n) is 4.91. The normalized spacial score (nSPS) is 11.0. The number of hydrogen-bond donors (Lipinski definition) is 0. The van der Waals surface area contributed by atoms with Crippen LogP contribution < -0.4 is 0 Å². The standard InChI is InChI=1S/C24H42O8/c1-5-9-10-11-12-13-14-15-16-17-20(25)32-24(23(28)31-8-4,18-21(26)29-6-2)19-22(27)30-7-3/h5-19H2,1-4H3. The van der Waals surface area contributed by atoms with Gasteiger partial charge in [0, 0.05) is 6.42 Å². The van der Waals surface area contributed by atoms with E-state index in [4.69, 9.17) is 18.9 Å². The molecule has 0 rings (SSSR count). The minimum absolute atomic E-state index is 0.00202. The Balaban J connectivity index is 4.96. The summed E-state index contributed by atoms with van der Waals surface area (Å²) in [5, 5.41) is 0. The lowest BCUT2D eigenvalue weighted by molar-refractivity contribution is -0.191. The van der Waals surface area contributed by atoms with Gasteiger partial charge < -0.3 is 18.9 Å². The largest absolute Gasteiger partial charge is 0.466 e. The van der Waals surface area contributed by atoms with Gasteiger partial charge in [-0.2, -0.15) is 0 Å². The van der Waals surface area contributed by atoms with Crippen molar-refractivity contribution in [3.63, 3.8) is 0 Å². The van der Waals surface area contributed by atoms with E-state index in [1.165, 1.54) is 32.1 Å². The molecule has 0 heterocycles. The lowest BCUT2D eigenvalue weighted by atomic mass is 9.94. The van der Waals surface area contributed by atoms with Crippen molar-refractivity contribution in [1.29, 1.82) is 0 Å². The van der Waals surface area contributed by atoms with Crippen molar-refractivity contribution in [1.82, 2.24) is 0 Å². The fourth-order valence-electron chi connectivity index (χ4n) is 3.32. The predicted octanol–water partition coefficient (Wildman–Crippen LogP) is 4.66. The molecule has 8 nitrogen and oxygen atoms in total. The Hall–Kier alpha value is -2.12. The molecule has 0 aromatic carbocycles. The summed E-state index contributed by atoms with van der Waals surface area (Å²) in [6, 6.07) is 0. The zero-order valence-electron chi connectivity index (χ0n) is 20.4. The van der Waals surface area contributed by atoms with Crippen LogP contribution in [-0.2, 0) is 38.1 Å². The highest BCUT2D eigenvalue weighted by Crippen LogP contribution is 2.26. The van der Waals surface area contributed by atoms with Gasteiger partial charge in [-0.05, 0) is 27.2 Å². The highest BCUT2D eigenvalue weighted by molar-refractivity contribution is 5.92. The molecule has 0 aromatic heterocycles. The molecule has 0 N–H and O–H groups in total. The molecule has 0 saturated heterocycles. The van der Waals surface area contributed by atoms with Crippen LogP contribution in [0, 0.1) is 0 Å². The molecule has 0 saturated carbocycles. The first kappa shape index (κ1) is 29.9. The average Bonchev–Trinajstić information content (AvgIpc) is 2.72. The number of unbranched alkanes of at least 4 members (excludes halogenated alkanes) is 8. The lowest BCUT2D eigenvalue weighted by Gasteiger charge is -2.29. The molecular weight excluding hydrogens is 416 g/mol. The molecule has 0 amide bonds. The quantitative estimate of drug-likeness (QED) is 0.156. The lowest BCUT2D eigenvalue weighted by Crippen LogP contribution is -2.48. The van der Waals surface area contributed by atoms with Crippen molar-refractivity contribution in [2.75, 3.05) is 19.8 Å². The molecule has 186 valence electrons. The van der Waals surface area contributed by atoms with Crippen LogP contribution in [0.5, 0.6) is 0 Å². The highest BCUT2D eigenvalue weighted by atomic mass is 16.6. The Morgan fingerprint density at radius 1 is 0.562 bits per heavy atom. The zero-order chi connectivity index (χ0) is 24.2. The van der Waals surface area contributed by atoms with Crippen LogP contribution in [0.2, 0.25) is 0 Å². The first-order valence-corrected chi connectivity index (χ1v) is 12.0. The predicted molar refractivity (Wildman–Crippen MR) is 120 cm³/mol. The number of hydrogen-bond acceptors (Lipinski definition) is 8. The van der Waals surface area contributed by atoms with Crippen molar-refractivity contribution in [2.45, 2.75) is 110 Å². The Morgan fingerprint density at radius 3 is 1.44 bits per heavy atom. The summed E-state index contributed by atoms with van der Waals surface area (Å²) in [7, 11) is 0. The molecule has 0 spiro atoms. The summed E-state index contributed by atoms with van der Waals surface area (Å²) in [5.74, 6) is -3.14. The molecule has 0 bridgehead atoms. The molecule has 8 heteroatoms. The number of rotatable bonds is 19. The van der Waals surface area contributed by atoms with Gasteiger partial charge in [0.2, 0.25) is 5.60 Å². The van der Waals surface area contributed by atoms with E-state index in [9.17, 15) is 19.2 Å². The summed E-state index contributed by atoms with van der Waals surface area (Å²) in [4.78, 5) is 49.5. The van der Waals surface area contributed by atoms with Gasteiger partial charge in [-0.1, -0.05) is 58.3 Å². The van der Waals surface area contributed by atoms with Crippen molar-refractivity contribution >= 4 is 23.9 Å². The molecule has 0 aliphatic heterocycles.